The number of hydrogen-bond acceptors (Lipinski definition) is 4. The van der Waals surface area contributed by atoms with Crippen molar-refractivity contribution in [2.45, 2.75) is 36.6 Å². The molecule has 142 valence electrons. The van der Waals surface area contributed by atoms with Gasteiger partial charge in [0.2, 0.25) is 14.9 Å². The van der Waals surface area contributed by atoms with Gasteiger partial charge in [-0.3, -0.25) is 0 Å². The first-order chi connectivity index (χ1) is 12.2. The van der Waals surface area contributed by atoms with E-state index >= 15 is 0 Å². The van der Waals surface area contributed by atoms with Crippen molar-refractivity contribution in [1.29, 1.82) is 0 Å². The molecule has 0 saturated heterocycles. The molecule has 0 radical (unpaired) electrons. The normalized spacial score (nSPS) is 11.6. The van der Waals surface area contributed by atoms with Crippen LogP contribution < -0.4 is 0 Å². The molecular weight excluding hydrogens is 388 g/mol. The summed E-state index contributed by atoms with van der Waals surface area (Å²) in [7, 11) is -4.46. The van der Waals surface area contributed by atoms with Gasteiger partial charge in [-0.1, -0.05) is 25.4 Å². The van der Waals surface area contributed by atoms with E-state index in [-0.39, 0.29) is 5.02 Å². The first-order valence-corrected chi connectivity index (χ1v) is 9.83. The molecule has 0 fully saturated rings. The molecule has 0 aliphatic carbocycles. The van der Waals surface area contributed by atoms with Crippen LogP contribution in [-0.2, 0) is 9.84 Å². The van der Waals surface area contributed by atoms with Crippen molar-refractivity contribution < 1.29 is 22.0 Å². The van der Waals surface area contributed by atoms with Gasteiger partial charge in [0.1, 0.15) is 16.5 Å². The summed E-state index contributed by atoms with van der Waals surface area (Å²) in [5.41, 5.74) is 0. The van der Waals surface area contributed by atoms with Gasteiger partial charge < -0.3 is 4.90 Å². The molecule has 1 aromatic heterocycles. The number of aromatic nitrogens is 2. The fraction of sp³-hybridized carbons (Fsp3) is 0.375. The summed E-state index contributed by atoms with van der Waals surface area (Å²) in [6.45, 7) is 4.75. The van der Waals surface area contributed by atoms with E-state index < -0.39 is 37.4 Å². The predicted molar refractivity (Wildman–Crippen MR) is 92.0 cm³/mol. The van der Waals surface area contributed by atoms with Gasteiger partial charge in [0.25, 0.3) is 0 Å². The highest BCUT2D eigenvalue weighted by Gasteiger charge is 2.29. The summed E-state index contributed by atoms with van der Waals surface area (Å²) in [5.74, 6) is -2.18. The second-order valence-corrected chi connectivity index (χ2v) is 7.82. The van der Waals surface area contributed by atoms with Gasteiger partial charge >= 0.3 is 6.03 Å². The van der Waals surface area contributed by atoms with Crippen molar-refractivity contribution in [3.05, 3.63) is 41.1 Å². The Morgan fingerprint density at radius 3 is 2.38 bits per heavy atom. The van der Waals surface area contributed by atoms with E-state index in [9.17, 15) is 22.0 Å². The minimum absolute atomic E-state index is 0.324. The highest BCUT2D eigenvalue weighted by molar-refractivity contribution is 7.91. The zero-order chi connectivity index (χ0) is 19.5. The lowest BCUT2D eigenvalue weighted by molar-refractivity contribution is 0.196. The number of carbonyl (C=O) groups is 1. The highest BCUT2D eigenvalue weighted by Crippen LogP contribution is 2.28. The van der Waals surface area contributed by atoms with Crippen LogP contribution in [0.1, 0.15) is 26.7 Å². The van der Waals surface area contributed by atoms with Gasteiger partial charge in [-0.2, -0.15) is 9.78 Å². The number of halogens is 3. The van der Waals surface area contributed by atoms with Crippen LogP contribution in [0, 0.1) is 11.6 Å². The molecule has 1 heterocycles. The van der Waals surface area contributed by atoms with Crippen molar-refractivity contribution in [3.8, 4) is 0 Å². The first kappa shape index (κ1) is 20.3. The second-order valence-electron chi connectivity index (χ2n) is 5.57. The maximum absolute atomic E-state index is 13.9. The Labute approximate surface area is 155 Å². The predicted octanol–water partition coefficient (Wildman–Crippen LogP) is 3.74. The minimum Gasteiger partial charge on any atom is -0.323 e. The first-order valence-electron chi connectivity index (χ1n) is 7.97. The van der Waals surface area contributed by atoms with Crippen LogP contribution in [0.25, 0.3) is 0 Å². The van der Waals surface area contributed by atoms with Crippen LogP contribution in [0.5, 0.6) is 0 Å². The monoisotopic (exact) mass is 405 g/mol. The summed E-state index contributed by atoms with van der Waals surface area (Å²) in [4.78, 5) is 13.3. The zero-order valence-corrected chi connectivity index (χ0v) is 15.8. The molecule has 0 N–H and O–H groups in total. The van der Waals surface area contributed by atoms with Crippen LogP contribution in [0.2, 0.25) is 5.02 Å². The lowest BCUT2D eigenvalue weighted by atomic mass is 10.3. The number of sulfone groups is 1. The molecule has 10 heteroatoms. The molecule has 1 amide bonds. The number of nitrogens with zero attached hydrogens (tertiary/aromatic N) is 3. The van der Waals surface area contributed by atoms with Crippen LogP contribution >= 0.6 is 11.6 Å². The maximum Gasteiger partial charge on any atom is 0.344 e. The van der Waals surface area contributed by atoms with Crippen LogP contribution in [0.3, 0.4) is 0 Å². The summed E-state index contributed by atoms with van der Waals surface area (Å²) >= 11 is 5.94. The van der Waals surface area contributed by atoms with Crippen molar-refractivity contribution in [3.63, 3.8) is 0 Å². The van der Waals surface area contributed by atoms with Crippen molar-refractivity contribution in [2.75, 3.05) is 13.1 Å². The number of carbonyl (C=O) groups excluding carboxylic acids is 1. The molecule has 0 aliphatic rings. The lowest BCUT2D eigenvalue weighted by Crippen LogP contribution is -2.36. The number of amides is 1. The van der Waals surface area contributed by atoms with Gasteiger partial charge in [0.05, 0.1) is 11.2 Å². The Kier molecular flexibility index (Phi) is 6.35. The van der Waals surface area contributed by atoms with E-state index in [1.54, 1.807) is 0 Å². The number of hydrogen-bond donors (Lipinski definition) is 0. The van der Waals surface area contributed by atoms with E-state index in [2.05, 4.69) is 5.10 Å². The van der Waals surface area contributed by atoms with E-state index in [0.29, 0.717) is 32.0 Å². The largest absolute Gasteiger partial charge is 0.344 e. The smallest absolute Gasteiger partial charge is 0.323 e. The van der Waals surface area contributed by atoms with Gasteiger partial charge in [-0.05, 0) is 25.0 Å². The lowest BCUT2D eigenvalue weighted by Gasteiger charge is -2.20. The molecule has 0 unspecified atom stereocenters. The molecule has 2 rings (SSSR count). The third-order valence-electron chi connectivity index (χ3n) is 3.53. The highest BCUT2D eigenvalue weighted by atomic mass is 35.5. The molecule has 0 bridgehead atoms. The summed E-state index contributed by atoms with van der Waals surface area (Å²) < 4.78 is 52.9. The molecule has 2 aromatic rings. The molecule has 1 aromatic carbocycles. The van der Waals surface area contributed by atoms with Crippen LogP contribution in [0.15, 0.2) is 34.3 Å². The van der Waals surface area contributed by atoms with E-state index in [1.807, 2.05) is 13.8 Å². The average Bonchev–Trinajstić information content (AvgIpc) is 2.96. The molecule has 0 aliphatic heterocycles. The van der Waals surface area contributed by atoms with Crippen molar-refractivity contribution in [2.24, 2.45) is 0 Å². The minimum atomic E-state index is -4.46. The second kappa shape index (κ2) is 8.13. The average molecular weight is 406 g/mol. The Morgan fingerprint density at radius 2 is 1.85 bits per heavy atom. The van der Waals surface area contributed by atoms with Crippen LogP contribution in [0.4, 0.5) is 13.6 Å². The third-order valence-corrected chi connectivity index (χ3v) is 5.64. The van der Waals surface area contributed by atoms with Gasteiger partial charge in [0.15, 0.2) is 0 Å². The third kappa shape index (κ3) is 4.04. The van der Waals surface area contributed by atoms with E-state index in [4.69, 9.17) is 11.6 Å². The fourth-order valence-electron chi connectivity index (χ4n) is 2.40. The fourth-order valence-corrected chi connectivity index (χ4v) is 4.11. The number of rotatable bonds is 6. The van der Waals surface area contributed by atoms with Crippen molar-refractivity contribution in [1.82, 2.24) is 14.7 Å². The zero-order valence-electron chi connectivity index (χ0n) is 14.2. The van der Waals surface area contributed by atoms with Crippen molar-refractivity contribution >= 4 is 27.5 Å². The standard InChI is InChI=1S/C16H18ClF2N3O3S/c1-3-7-21(8-4-2)16(23)22-10-12(17)15(20-22)26(24,25)14-6-5-11(18)9-13(14)19/h5-6,9-10H,3-4,7-8H2,1-2H3. The molecule has 6 nitrogen and oxygen atoms in total. The molecular formula is C16H18ClF2N3O3S. The van der Waals surface area contributed by atoms with Crippen LogP contribution in [-0.4, -0.2) is 42.2 Å². The van der Waals surface area contributed by atoms with Gasteiger partial charge in [-0.15, -0.1) is 0 Å². The molecule has 0 atom stereocenters. The Hall–Kier alpha value is -2.00. The van der Waals surface area contributed by atoms with Gasteiger partial charge in [0, 0.05) is 19.2 Å². The summed E-state index contributed by atoms with van der Waals surface area (Å²) in [6, 6.07) is 1.53. The summed E-state index contributed by atoms with van der Waals surface area (Å²) in [5, 5.41) is 2.77. The topological polar surface area (TPSA) is 72.3 Å². The maximum atomic E-state index is 13.9. The Morgan fingerprint density at radius 1 is 1.23 bits per heavy atom. The molecule has 26 heavy (non-hydrogen) atoms. The van der Waals surface area contributed by atoms with Gasteiger partial charge in [-0.25, -0.2) is 22.0 Å². The Bertz CT molecular complexity index is 909. The van der Waals surface area contributed by atoms with E-state index in [1.165, 1.54) is 4.90 Å². The van der Waals surface area contributed by atoms with E-state index in [0.717, 1.165) is 23.0 Å². The molecule has 0 saturated carbocycles. The summed E-state index contributed by atoms with van der Waals surface area (Å²) in [6.07, 6.45) is 2.50. The SMILES string of the molecule is CCCN(CCC)C(=O)n1cc(Cl)c(S(=O)(=O)c2ccc(F)cc2F)n1. The number of benzene rings is 1. The quantitative estimate of drug-likeness (QED) is 0.686. The molecule has 0 spiro atoms. The Balaban J connectivity index is 2.45.